The molecule has 1 saturated heterocycles. The minimum Gasteiger partial charge on any atom is -0.447 e. The number of benzene rings is 1. The first-order valence-electron chi connectivity index (χ1n) is 8.14. The molecule has 0 aliphatic carbocycles. The molecule has 2 rings (SSSR count). The van der Waals surface area contributed by atoms with Gasteiger partial charge in [-0.1, -0.05) is 63.4 Å². The Labute approximate surface area is 132 Å². The van der Waals surface area contributed by atoms with Crippen molar-refractivity contribution in [3.63, 3.8) is 0 Å². The van der Waals surface area contributed by atoms with E-state index in [2.05, 4.69) is 13.8 Å². The van der Waals surface area contributed by atoms with Gasteiger partial charge in [0.1, 0.15) is 6.61 Å². The second kappa shape index (κ2) is 7.97. The van der Waals surface area contributed by atoms with Crippen molar-refractivity contribution in [2.75, 3.05) is 6.61 Å². The van der Waals surface area contributed by atoms with Crippen LogP contribution in [0, 0.1) is 5.92 Å². The molecule has 2 atom stereocenters. The Morgan fingerprint density at radius 1 is 1.36 bits per heavy atom. The number of hydrogen-bond acceptors (Lipinski definition) is 3. The Morgan fingerprint density at radius 3 is 2.77 bits per heavy atom. The summed E-state index contributed by atoms with van der Waals surface area (Å²) in [6, 6.07) is 9.72. The maximum Gasteiger partial charge on any atom is 0.416 e. The van der Waals surface area contributed by atoms with Gasteiger partial charge in [0, 0.05) is 6.42 Å². The predicted octanol–water partition coefficient (Wildman–Crippen LogP) is 3.79. The summed E-state index contributed by atoms with van der Waals surface area (Å²) in [5.41, 5.74) is 1.11. The Bertz CT molecular complexity index is 500. The van der Waals surface area contributed by atoms with E-state index in [1.165, 1.54) is 4.90 Å². The van der Waals surface area contributed by atoms with Crippen LogP contribution in [0.5, 0.6) is 0 Å². The summed E-state index contributed by atoms with van der Waals surface area (Å²) < 4.78 is 5.10. The van der Waals surface area contributed by atoms with E-state index in [0.29, 0.717) is 25.4 Å². The molecule has 0 aromatic heterocycles. The number of unbranched alkanes of at least 4 members (excludes halogenated alkanes) is 1. The number of carbonyl (C=O) groups excluding carboxylic acids is 2. The van der Waals surface area contributed by atoms with Gasteiger partial charge in [0.25, 0.3) is 0 Å². The Kier molecular flexibility index (Phi) is 5.99. The predicted molar refractivity (Wildman–Crippen MR) is 85.4 cm³/mol. The molecule has 1 heterocycles. The van der Waals surface area contributed by atoms with Crippen molar-refractivity contribution in [2.45, 2.75) is 52.0 Å². The van der Waals surface area contributed by atoms with E-state index in [-0.39, 0.29) is 11.9 Å². The average molecular weight is 303 g/mol. The molecule has 1 fully saturated rings. The molecule has 0 spiro atoms. The van der Waals surface area contributed by atoms with E-state index >= 15 is 0 Å². The minimum atomic E-state index is -0.492. The van der Waals surface area contributed by atoms with Crippen LogP contribution in [-0.4, -0.2) is 29.5 Å². The summed E-state index contributed by atoms with van der Waals surface area (Å²) in [6.07, 6.45) is 3.85. The number of rotatable bonds is 7. The molecular formula is C18H25NO3. The number of hydrogen-bond donors (Lipinski definition) is 0. The van der Waals surface area contributed by atoms with Crippen molar-refractivity contribution in [2.24, 2.45) is 5.92 Å². The zero-order valence-electron chi connectivity index (χ0n) is 13.5. The van der Waals surface area contributed by atoms with Crippen molar-refractivity contribution in [3.8, 4) is 0 Å². The number of ether oxygens (including phenoxy) is 1. The molecule has 4 nitrogen and oxygen atoms in total. The topological polar surface area (TPSA) is 46.6 Å². The fraction of sp³-hybridized carbons (Fsp3) is 0.556. The molecular weight excluding hydrogens is 278 g/mol. The number of carbonyl (C=O) groups is 2. The first kappa shape index (κ1) is 16.5. The van der Waals surface area contributed by atoms with Crippen molar-refractivity contribution >= 4 is 12.0 Å². The lowest BCUT2D eigenvalue weighted by Crippen LogP contribution is -2.40. The van der Waals surface area contributed by atoms with Crippen LogP contribution in [0.15, 0.2) is 30.3 Å². The Hall–Kier alpha value is -1.84. The summed E-state index contributed by atoms with van der Waals surface area (Å²) in [6.45, 7) is 4.51. The van der Waals surface area contributed by atoms with Crippen LogP contribution in [0.1, 0.15) is 45.1 Å². The van der Waals surface area contributed by atoms with E-state index in [1.807, 2.05) is 30.3 Å². The molecule has 1 aliphatic rings. The third kappa shape index (κ3) is 4.33. The highest BCUT2D eigenvalue weighted by Gasteiger charge is 2.37. The Morgan fingerprint density at radius 2 is 2.09 bits per heavy atom. The van der Waals surface area contributed by atoms with E-state index in [4.69, 9.17) is 4.74 Å². The van der Waals surface area contributed by atoms with Gasteiger partial charge in [-0.3, -0.25) is 4.79 Å². The number of imide groups is 1. The van der Waals surface area contributed by atoms with E-state index in [1.54, 1.807) is 0 Å². The minimum absolute atomic E-state index is 0.105. The van der Waals surface area contributed by atoms with Gasteiger partial charge in [-0.25, -0.2) is 9.69 Å². The molecule has 4 heteroatoms. The van der Waals surface area contributed by atoms with E-state index < -0.39 is 6.09 Å². The largest absolute Gasteiger partial charge is 0.447 e. The molecule has 1 aliphatic heterocycles. The molecule has 0 N–H and O–H groups in total. The monoisotopic (exact) mass is 303 g/mol. The van der Waals surface area contributed by atoms with E-state index in [9.17, 15) is 9.59 Å². The SMILES string of the molecule is CCCC[C@@H](C)CC(=O)N1C(=O)OC[C@H]1Cc1ccccc1. The standard InChI is InChI=1S/C18H25NO3/c1-3-4-8-14(2)11-17(20)19-16(13-22-18(19)21)12-15-9-6-5-7-10-15/h5-7,9-10,14,16H,3-4,8,11-13H2,1-2H3/t14-,16-/m1/s1. The smallest absolute Gasteiger partial charge is 0.416 e. The molecule has 1 aromatic carbocycles. The summed E-state index contributed by atoms with van der Waals surface area (Å²) in [4.78, 5) is 25.7. The van der Waals surface area contributed by atoms with Gasteiger partial charge in [0.2, 0.25) is 5.91 Å². The van der Waals surface area contributed by atoms with Crippen LogP contribution in [0.4, 0.5) is 4.79 Å². The third-order valence-electron chi connectivity index (χ3n) is 4.12. The maximum atomic E-state index is 12.5. The van der Waals surface area contributed by atoms with Crippen molar-refractivity contribution in [1.29, 1.82) is 0 Å². The second-order valence-electron chi connectivity index (χ2n) is 6.14. The highest BCUT2D eigenvalue weighted by Crippen LogP contribution is 2.21. The lowest BCUT2D eigenvalue weighted by molar-refractivity contribution is -0.130. The van der Waals surface area contributed by atoms with Crippen LogP contribution >= 0.6 is 0 Å². The van der Waals surface area contributed by atoms with Crippen LogP contribution in [-0.2, 0) is 16.0 Å². The number of amides is 2. The summed E-state index contributed by atoms with van der Waals surface area (Å²) in [7, 11) is 0. The van der Waals surface area contributed by atoms with Gasteiger partial charge in [0.15, 0.2) is 0 Å². The highest BCUT2D eigenvalue weighted by molar-refractivity contribution is 5.93. The normalized spacial score (nSPS) is 19.1. The van der Waals surface area contributed by atoms with Gasteiger partial charge in [-0.2, -0.15) is 0 Å². The van der Waals surface area contributed by atoms with Gasteiger partial charge in [0.05, 0.1) is 6.04 Å². The highest BCUT2D eigenvalue weighted by atomic mass is 16.6. The van der Waals surface area contributed by atoms with Gasteiger partial charge in [-0.05, 0) is 17.9 Å². The molecule has 0 radical (unpaired) electrons. The molecule has 0 bridgehead atoms. The maximum absolute atomic E-state index is 12.5. The molecule has 1 aromatic rings. The fourth-order valence-corrected chi connectivity index (χ4v) is 2.85. The average Bonchev–Trinajstić information content (AvgIpc) is 2.87. The lowest BCUT2D eigenvalue weighted by Gasteiger charge is -2.21. The van der Waals surface area contributed by atoms with Crippen LogP contribution in [0.3, 0.4) is 0 Å². The molecule has 0 unspecified atom stereocenters. The zero-order chi connectivity index (χ0) is 15.9. The van der Waals surface area contributed by atoms with E-state index in [0.717, 1.165) is 24.8 Å². The second-order valence-corrected chi connectivity index (χ2v) is 6.14. The van der Waals surface area contributed by atoms with Crippen LogP contribution < -0.4 is 0 Å². The summed E-state index contributed by atoms with van der Waals surface area (Å²) >= 11 is 0. The summed E-state index contributed by atoms with van der Waals surface area (Å²) in [5, 5.41) is 0. The fourth-order valence-electron chi connectivity index (χ4n) is 2.85. The number of cyclic esters (lactones) is 1. The Balaban J connectivity index is 1.96. The van der Waals surface area contributed by atoms with Gasteiger partial charge >= 0.3 is 6.09 Å². The number of nitrogens with zero attached hydrogens (tertiary/aromatic N) is 1. The molecule has 120 valence electrons. The van der Waals surface area contributed by atoms with Crippen molar-refractivity contribution in [1.82, 2.24) is 4.90 Å². The lowest BCUT2D eigenvalue weighted by atomic mass is 9.99. The molecule has 2 amide bonds. The first-order chi connectivity index (χ1) is 10.6. The third-order valence-corrected chi connectivity index (χ3v) is 4.12. The van der Waals surface area contributed by atoms with Crippen molar-refractivity contribution in [3.05, 3.63) is 35.9 Å². The molecule has 22 heavy (non-hydrogen) atoms. The van der Waals surface area contributed by atoms with Crippen molar-refractivity contribution < 1.29 is 14.3 Å². The van der Waals surface area contributed by atoms with Crippen LogP contribution in [0.2, 0.25) is 0 Å². The molecule has 0 saturated carbocycles. The van der Waals surface area contributed by atoms with Gasteiger partial charge < -0.3 is 4.74 Å². The zero-order valence-corrected chi connectivity index (χ0v) is 13.5. The first-order valence-corrected chi connectivity index (χ1v) is 8.14. The summed E-state index contributed by atoms with van der Waals surface area (Å²) in [5.74, 6) is 0.199. The van der Waals surface area contributed by atoms with Gasteiger partial charge in [-0.15, -0.1) is 0 Å². The quantitative estimate of drug-likeness (QED) is 0.770. The van der Waals surface area contributed by atoms with Crippen LogP contribution in [0.25, 0.3) is 0 Å².